The minimum atomic E-state index is -1.09. The zero-order valence-corrected chi connectivity index (χ0v) is 11.4. The van der Waals surface area contributed by atoms with Crippen molar-refractivity contribution in [3.05, 3.63) is 0 Å². The lowest BCUT2D eigenvalue weighted by Crippen LogP contribution is -2.43. The van der Waals surface area contributed by atoms with Crippen molar-refractivity contribution in [3.8, 4) is 0 Å². The Morgan fingerprint density at radius 3 is 2.58 bits per heavy atom. The Balaban J connectivity index is 2.02. The van der Waals surface area contributed by atoms with Gasteiger partial charge in [0.05, 0.1) is 6.54 Å². The average Bonchev–Trinajstić information content (AvgIpc) is 2.88. The molecule has 1 heterocycles. The number of urea groups is 1. The van der Waals surface area contributed by atoms with Gasteiger partial charge in [0.15, 0.2) is 6.10 Å². The number of nitrogens with zero attached hydrogens (tertiary/aromatic N) is 1. The Kier molecular flexibility index (Phi) is 7.20. The van der Waals surface area contributed by atoms with Crippen molar-refractivity contribution in [3.63, 3.8) is 0 Å². The normalized spacial score (nSPS) is 17.1. The molecule has 0 aliphatic carbocycles. The third kappa shape index (κ3) is 6.40. The number of aliphatic carboxylic acids is 1. The lowest BCUT2D eigenvalue weighted by Gasteiger charge is -2.15. The summed E-state index contributed by atoms with van der Waals surface area (Å²) in [7, 11) is 1.30. The molecule has 1 aliphatic rings. The fourth-order valence-electron chi connectivity index (χ4n) is 2.03. The van der Waals surface area contributed by atoms with Crippen LogP contribution in [0.4, 0.5) is 4.79 Å². The Labute approximate surface area is 113 Å². The van der Waals surface area contributed by atoms with Crippen LogP contribution >= 0.6 is 0 Å². The van der Waals surface area contributed by atoms with Crippen LogP contribution in [0, 0.1) is 0 Å². The van der Waals surface area contributed by atoms with Crippen molar-refractivity contribution < 1.29 is 19.4 Å². The van der Waals surface area contributed by atoms with Gasteiger partial charge in [-0.25, -0.2) is 9.59 Å². The number of carboxylic acids is 1. The second kappa shape index (κ2) is 8.71. The van der Waals surface area contributed by atoms with E-state index < -0.39 is 12.1 Å². The number of hydrogen-bond acceptors (Lipinski definition) is 4. The number of likely N-dealkylation sites (tertiary alicyclic amines) is 1. The van der Waals surface area contributed by atoms with Gasteiger partial charge in [0.2, 0.25) is 0 Å². The topological polar surface area (TPSA) is 90.9 Å². The van der Waals surface area contributed by atoms with E-state index >= 15 is 0 Å². The number of methoxy groups -OCH3 is 1. The molecule has 1 unspecified atom stereocenters. The van der Waals surface area contributed by atoms with Gasteiger partial charge >= 0.3 is 12.0 Å². The van der Waals surface area contributed by atoms with E-state index in [9.17, 15) is 9.59 Å². The van der Waals surface area contributed by atoms with E-state index in [0.29, 0.717) is 6.54 Å². The van der Waals surface area contributed by atoms with Crippen LogP contribution in [0.15, 0.2) is 0 Å². The van der Waals surface area contributed by atoms with Crippen LogP contribution in [0.25, 0.3) is 0 Å². The first-order valence-electron chi connectivity index (χ1n) is 6.63. The molecule has 0 bridgehead atoms. The summed E-state index contributed by atoms with van der Waals surface area (Å²) >= 11 is 0. The number of amides is 2. The first kappa shape index (κ1) is 15.7. The summed E-state index contributed by atoms with van der Waals surface area (Å²) in [6.07, 6.45) is 2.43. The first-order chi connectivity index (χ1) is 9.13. The van der Waals surface area contributed by atoms with Crippen molar-refractivity contribution in [2.75, 3.05) is 39.8 Å². The maximum atomic E-state index is 11.4. The summed E-state index contributed by atoms with van der Waals surface area (Å²) < 4.78 is 4.71. The highest BCUT2D eigenvalue weighted by molar-refractivity contribution is 5.76. The summed E-state index contributed by atoms with van der Waals surface area (Å²) in [6, 6.07) is -0.357. The molecule has 0 radical (unpaired) electrons. The maximum absolute atomic E-state index is 11.4. The van der Waals surface area contributed by atoms with Crippen LogP contribution in [0.3, 0.4) is 0 Å². The molecule has 1 saturated heterocycles. The van der Waals surface area contributed by atoms with Gasteiger partial charge in [-0.1, -0.05) is 0 Å². The molecule has 0 spiro atoms. The number of hydrogen-bond donors (Lipinski definition) is 3. The molecule has 7 heteroatoms. The number of carbonyl (C=O) groups excluding carboxylic acids is 1. The van der Waals surface area contributed by atoms with Gasteiger partial charge in [0.25, 0.3) is 0 Å². The van der Waals surface area contributed by atoms with Gasteiger partial charge in [-0.05, 0) is 38.9 Å². The SMILES string of the molecule is COC(CNC(=O)NCCCN1CCCC1)C(=O)O. The van der Waals surface area contributed by atoms with E-state index in [4.69, 9.17) is 9.84 Å². The smallest absolute Gasteiger partial charge is 0.334 e. The molecule has 1 atom stereocenters. The van der Waals surface area contributed by atoms with Crippen LogP contribution in [0.2, 0.25) is 0 Å². The molecule has 0 aromatic heterocycles. The van der Waals surface area contributed by atoms with Crippen LogP contribution in [-0.4, -0.2) is 67.9 Å². The lowest BCUT2D eigenvalue weighted by molar-refractivity contribution is -0.147. The molecule has 19 heavy (non-hydrogen) atoms. The summed E-state index contributed by atoms with van der Waals surface area (Å²) in [6.45, 7) is 3.85. The zero-order valence-electron chi connectivity index (χ0n) is 11.4. The Morgan fingerprint density at radius 2 is 2.00 bits per heavy atom. The lowest BCUT2D eigenvalue weighted by atomic mass is 10.3. The van der Waals surface area contributed by atoms with Gasteiger partial charge in [0.1, 0.15) is 0 Å². The van der Waals surface area contributed by atoms with Crippen molar-refractivity contribution in [1.29, 1.82) is 0 Å². The highest BCUT2D eigenvalue weighted by atomic mass is 16.5. The number of rotatable bonds is 8. The molecule has 7 nitrogen and oxygen atoms in total. The first-order valence-corrected chi connectivity index (χ1v) is 6.63. The van der Waals surface area contributed by atoms with Gasteiger partial charge in [-0.2, -0.15) is 0 Å². The van der Waals surface area contributed by atoms with Crippen LogP contribution in [-0.2, 0) is 9.53 Å². The molecule has 3 N–H and O–H groups in total. The van der Waals surface area contributed by atoms with Crippen molar-refractivity contribution in [1.82, 2.24) is 15.5 Å². The van der Waals surface area contributed by atoms with E-state index in [2.05, 4.69) is 15.5 Å². The Morgan fingerprint density at radius 1 is 1.32 bits per heavy atom. The quantitative estimate of drug-likeness (QED) is 0.536. The highest BCUT2D eigenvalue weighted by Crippen LogP contribution is 2.06. The molecule has 1 aliphatic heterocycles. The van der Waals surface area contributed by atoms with Crippen LogP contribution in [0.1, 0.15) is 19.3 Å². The summed E-state index contributed by atoms with van der Waals surface area (Å²) in [5.74, 6) is -1.09. The predicted octanol–water partition coefficient (Wildman–Crippen LogP) is -0.129. The van der Waals surface area contributed by atoms with Gasteiger partial charge < -0.3 is 25.4 Å². The summed E-state index contributed by atoms with van der Waals surface area (Å²) in [5, 5.41) is 13.9. The Hall–Kier alpha value is -1.34. The second-order valence-electron chi connectivity index (χ2n) is 4.60. The fraction of sp³-hybridized carbons (Fsp3) is 0.833. The molecule has 110 valence electrons. The number of ether oxygens (including phenoxy) is 1. The third-order valence-electron chi connectivity index (χ3n) is 3.14. The second-order valence-corrected chi connectivity index (χ2v) is 4.60. The molecule has 1 fully saturated rings. The highest BCUT2D eigenvalue weighted by Gasteiger charge is 2.16. The monoisotopic (exact) mass is 273 g/mol. The number of nitrogens with one attached hydrogen (secondary N) is 2. The maximum Gasteiger partial charge on any atom is 0.334 e. The van der Waals surface area contributed by atoms with E-state index in [0.717, 1.165) is 26.1 Å². The van der Waals surface area contributed by atoms with Crippen molar-refractivity contribution >= 4 is 12.0 Å². The van der Waals surface area contributed by atoms with E-state index in [1.54, 1.807) is 0 Å². The predicted molar refractivity (Wildman–Crippen MR) is 70.1 cm³/mol. The number of carbonyl (C=O) groups is 2. The molecule has 0 saturated carbocycles. The average molecular weight is 273 g/mol. The molecular formula is C12H23N3O4. The van der Waals surface area contributed by atoms with Crippen molar-refractivity contribution in [2.45, 2.75) is 25.4 Å². The summed E-state index contributed by atoms with van der Waals surface area (Å²) in [4.78, 5) is 24.4. The molecule has 2 amide bonds. The van der Waals surface area contributed by atoms with E-state index in [1.165, 1.54) is 20.0 Å². The Bertz CT molecular complexity index is 293. The fourth-order valence-corrected chi connectivity index (χ4v) is 2.03. The molecule has 0 aromatic rings. The van der Waals surface area contributed by atoms with Gasteiger partial charge in [-0.15, -0.1) is 0 Å². The van der Waals surface area contributed by atoms with Crippen LogP contribution in [0.5, 0.6) is 0 Å². The molecule has 0 aromatic carbocycles. The van der Waals surface area contributed by atoms with Gasteiger partial charge in [0, 0.05) is 13.7 Å². The number of carboxylic acid groups (broad SMARTS) is 1. The zero-order chi connectivity index (χ0) is 14.1. The third-order valence-corrected chi connectivity index (χ3v) is 3.14. The minimum absolute atomic E-state index is 0.0379. The molecule has 1 rings (SSSR count). The van der Waals surface area contributed by atoms with Crippen molar-refractivity contribution in [2.24, 2.45) is 0 Å². The van der Waals surface area contributed by atoms with Crippen LogP contribution < -0.4 is 10.6 Å². The summed E-state index contributed by atoms with van der Waals surface area (Å²) in [5.41, 5.74) is 0. The molecular weight excluding hydrogens is 250 g/mol. The minimum Gasteiger partial charge on any atom is -0.479 e. The van der Waals surface area contributed by atoms with E-state index in [1.807, 2.05) is 0 Å². The largest absolute Gasteiger partial charge is 0.479 e. The van der Waals surface area contributed by atoms with Gasteiger partial charge in [-0.3, -0.25) is 0 Å². The standard InChI is InChI=1S/C12H23N3O4/c1-19-10(11(16)17)9-14-12(18)13-5-4-8-15-6-2-3-7-15/h10H,2-9H2,1H3,(H,16,17)(H2,13,14,18). The van der Waals surface area contributed by atoms with E-state index in [-0.39, 0.29) is 12.6 Å².